The molecule has 0 saturated heterocycles. The van der Waals surface area contributed by atoms with Crippen molar-refractivity contribution in [1.29, 1.82) is 0 Å². The van der Waals surface area contributed by atoms with Gasteiger partial charge in [-0.1, -0.05) is 0 Å². The summed E-state index contributed by atoms with van der Waals surface area (Å²) in [7, 11) is -3.00. The van der Waals surface area contributed by atoms with Crippen LogP contribution in [-0.4, -0.2) is 8.07 Å². The first-order valence-corrected chi connectivity index (χ1v) is 20.5. The summed E-state index contributed by atoms with van der Waals surface area (Å²) in [6.45, 7) is 16.5. The molecule has 6 aromatic rings. The number of rotatable bonds is 7. The van der Waals surface area contributed by atoms with E-state index in [2.05, 4.69) is 214 Å². The van der Waals surface area contributed by atoms with Crippen LogP contribution in [0.15, 0.2) is 166 Å². The Morgan fingerprint density at radius 2 is 0.717 bits per heavy atom. The largest absolute Gasteiger partial charge is 1.00 e. The van der Waals surface area contributed by atoms with Crippen molar-refractivity contribution in [2.24, 2.45) is 0 Å². The maximum Gasteiger partial charge on any atom is -1.00 e. The van der Waals surface area contributed by atoms with Crippen molar-refractivity contribution in [1.82, 2.24) is 0 Å². The molecule has 53 heavy (non-hydrogen) atoms. The summed E-state index contributed by atoms with van der Waals surface area (Å²) in [4.78, 5) is 0. The van der Waals surface area contributed by atoms with Crippen LogP contribution in [0.2, 0.25) is 5.04 Å². The second kappa shape index (κ2) is 17.0. The predicted octanol–water partition coefficient (Wildman–Crippen LogP) is 2.03. The van der Waals surface area contributed by atoms with Crippen molar-refractivity contribution < 1.29 is 57.7 Å². The Morgan fingerprint density at radius 3 is 0.981 bits per heavy atom. The van der Waals surface area contributed by atoms with Gasteiger partial charge in [-0.25, -0.2) is 0 Å². The quantitative estimate of drug-likeness (QED) is 0.172. The summed E-state index contributed by atoms with van der Waals surface area (Å²) < 4.78 is 1.49. The number of halogens is 3. The Labute approximate surface area is 348 Å². The molecule has 0 aromatic heterocycles. The van der Waals surface area contributed by atoms with E-state index in [4.69, 9.17) is 0 Å². The number of aryl methyl sites for hydroxylation is 3. The maximum absolute atomic E-state index is 3.00. The van der Waals surface area contributed by atoms with Crippen LogP contribution < -0.4 is 52.8 Å². The average molecular weight is 804 g/mol. The van der Waals surface area contributed by atoms with Crippen LogP contribution in [0, 0.1) is 20.8 Å². The molecule has 0 heterocycles. The molecule has 1 atom stereocenters. The van der Waals surface area contributed by atoms with Crippen molar-refractivity contribution in [3.05, 3.63) is 183 Å². The molecule has 6 aromatic carbocycles. The van der Waals surface area contributed by atoms with Crippen LogP contribution in [0.5, 0.6) is 0 Å². The first-order valence-electron chi connectivity index (χ1n) is 17.7. The third-order valence-corrected chi connectivity index (χ3v) is 19.2. The molecule has 1 aliphatic carbocycles. The van der Waals surface area contributed by atoms with Gasteiger partial charge in [0.1, 0.15) is 0 Å². The van der Waals surface area contributed by atoms with Crippen molar-refractivity contribution >= 4 is 23.6 Å². The molecule has 0 N–H and O–H groups in total. The van der Waals surface area contributed by atoms with E-state index in [-0.39, 0.29) is 42.3 Å². The predicted molar refractivity (Wildman–Crippen MR) is 214 cm³/mol. The summed E-state index contributed by atoms with van der Waals surface area (Å²) in [5.41, 5.74) is 16.0. The van der Waals surface area contributed by atoms with Gasteiger partial charge in [0.2, 0.25) is 0 Å². The molecule has 0 aliphatic heterocycles. The fraction of sp³-hybridized carbons (Fsp3) is 0.167. The smallest absolute Gasteiger partial charge is 1.00 e. The van der Waals surface area contributed by atoms with Gasteiger partial charge in [-0.05, 0) is 0 Å². The van der Waals surface area contributed by atoms with Gasteiger partial charge in [-0.15, -0.1) is 0 Å². The van der Waals surface area contributed by atoms with Crippen LogP contribution >= 0.6 is 0 Å². The Hall–Kier alpha value is -3.40. The first kappa shape index (κ1) is 42.3. The minimum absolute atomic E-state index is 0. The van der Waals surface area contributed by atoms with E-state index in [1.165, 1.54) is 86.2 Å². The third-order valence-electron chi connectivity index (χ3n) is 11.8. The van der Waals surface area contributed by atoms with Gasteiger partial charge in [-0.3, -0.25) is 0 Å². The van der Waals surface area contributed by atoms with Crippen molar-refractivity contribution in [3.8, 4) is 33.4 Å². The van der Waals surface area contributed by atoms with Gasteiger partial charge in [-0.2, -0.15) is 0 Å². The van der Waals surface area contributed by atoms with Crippen LogP contribution in [0.3, 0.4) is 0 Å². The molecule has 0 spiro atoms. The van der Waals surface area contributed by atoms with E-state index in [0.717, 1.165) is 0 Å². The Balaban J connectivity index is 0.00000209. The molecule has 5 heteroatoms. The summed E-state index contributed by atoms with van der Waals surface area (Å²) in [5.74, 6) is 0. The Bertz CT molecular complexity index is 2060. The molecule has 1 aliphatic rings. The fourth-order valence-corrected chi connectivity index (χ4v) is 16.2. The number of hydrogen-bond donors (Lipinski definition) is 0. The fourth-order valence-electron chi connectivity index (χ4n) is 8.59. The molecule has 0 bridgehead atoms. The van der Waals surface area contributed by atoms with Crippen LogP contribution in [0.1, 0.15) is 44.4 Å². The van der Waals surface area contributed by atoms with E-state index < -0.39 is 8.07 Å². The van der Waals surface area contributed by atoms with E-state index >= 15 is 0 Å². The van der Waals surface area contributed by atoms with Gasteiger partial charge in [0, 0.05) is 0 Å². The molecule has 0 fully saturated rings. The number of hydrogen-bond acceptors (Lipinski definition) is 0. The van der Waals surface area contributed by atoms with Gasteiger partial charge in [0.15, 0.2) is 0 Å². The van der Waals surface area contributed by atoms with E-state index in [0.29, 0.717) is 0 Å². The van der Waals surface area contributed by atoms with E-state index in [1.807, 2.05) is 0 Å². The normalized spacial score (nSPS) is 15.4. The van der Waals surface area contributed by atoms with Gasteiger partial charge in [0.05, 0.1) is 0 Å². The second-order valence-corrected chi connectivity index (χ2v) is 19.3. The molecule has 266 valence electrons. The summed E-state index contributed by atoms with van der Waals surface area (Å²) in [5, 5.41) is 4.10. The van der Waals surface area contributed by atoms with Crippen LogP contribution in [-0.2, 0) is 20.4 Å². The van der Waals surface area contributed by atoms with Crippen molar-refractivity contribution in [2.75, 3.05) is 0 Å². The van der Waals surface area contributed by atoms with Crippen molar-refractivity contribution in [3.63, 3.8) is 0 Å². The maximum atomic E-state index is 2.58. The standard InChI is InChI=1S/C48H45Si.3ClH.Ti/c1-33-23-26-42(29-45(33)39-17-11-8-12-18-39)49(48(7)32-36(4)37(5)38(48)6,43-27-24-34(2)46(30-43)40-19-13-9-14-20-40)44-28-25-35(3)47(31-44)41-21-15-10-16-22-41;;;;/h8-31H,1-7H3;3*1H;/q;;;;+3/p-3. The monoisotopic (exact) mass is 802 g/mol. The molecule has 0 amide bonds. The minimum Gasteiger partial charge on any atom is -1.00 e. The van der Waals surface area contributed by atoms with E-state index in [9.17, 15) is 0 Å². The Morgan fingerprint density at radius 1 is 0.415 bits per heavy atom. The van der Waals surface area contributed by atoms with Gasteiger partial charge >= 0.3 is 314 Å². The second-order valence-electron chi connectivity index (χ2n) is 14.3. The number of allylic oxidation sites excluding steroid dienone is 4. The molecular weight excluding hydrogens is 759 g/mol. The molecule has 0 radical (unpaired) electrons. The van der Waals surface area contributed by atoms with Crippen molar-refractivity contribution in [2.45, 2.75) is 53.5 Å². The molecule has 0 nitrogen and oxygen atoms in total. The third kappa shape index (κ3) is 7.02. The summed E-state index contributed by atoms with van der Waals surface area (Å²) in [6.07, 6.45) is 0. The molecular formula is C48H45Cl3SiTi. The average Bonchev–Trinajstić information content (AvgIpc) is 3.30. The SMILES string of the molecule is CC1=C(C)C(C)([Si](c2ccc(C)c(-c3ccccc3)c2)(c2ccc(C)c(-c3ccccc3)c2)c2ccc(C)c(-c3ccccc3)c2)[C]([Ti+3])=C1C.[Cl-].[Cl-].[Cl-]. The topological polar surface area (TPSA) is 0 Å². The molecule has 1 unspecified atom stereocenters. The molecule has 0 saturated carbocycles. The zero-order valence-electron chi connectivity index (χ0n) is 31.5. The Kier molecular flexibility index (Phi) is 13.5. The summed E-state index contributed by atoms with van der Waals surface area (Å²) in [6, 6.07) is 55.2. The minimum atomic E-state index is -3.00. The zero-order valence-corrected chi connectivity index (χ0v) is 36.3. The zero-order chi connectivity index (χ0) is 35.2. The van der Waals surface area contributed by atoms with E-state index in [1.54, 1.807) is 0 Å². The van der Waals surface area contributed by atoms with Crippen LogP contribution in [0.4, 0.5) is 0 Å². The molecule has 7 rings (SSSR count). The summed E-state index contributed by atoms with van der Waals surface area (Å²) >= 11 is 2.42. The van der Waals surface area contributed by atoms with Gasteiger partial charge in [0.25, 0.3) is 0 Å². The number of benzene rings is 6. The first-order chi connectivity index (χ1) is 24.1. The van der Waals surface area contributed by atoms with Gasteiger partial charge < -0.3 is 37.2 Å². The van der Waals surface area contributed by atoms with Crippen LogP contribution in [0.25, 0.3) is 33.4 Å².